The Kier molecular flexibility index (Phi) is 5.79. The van der Waals surface area contributed by atoms with Crippen LogP contribution in [0.25, 0.3) is 10.2 Å². The SMILES string of the molecule is CC(C)C(=O)N1CCN(Cc2nc3sc4c(c3c(=O)[nH]2)CCC(C(C)(C)C)C4)CC1. The summed E-state index contributed by atoms with van der Waals surface area (Å²) in [6.07, 6.45) is 3.18. The second-order valence-electron chi connectivity index (χ2n) is 10.3. The Bertz CT molecular complexity index is 993. The number of hydrogen-bond donors (Lipinski definition) is 1. The Hall–Kier alpha value is -1.73. The van der Waals surface area contributed by atoms with Crippen LogP contribution in [0.15, 0.2) is 4.79 Å². The van der Waals surface area contributed by atoms with Crippen molar-refractivity contribution in [1.29, 1.82) is 0 Å². The molecule has 7 heteroatoms. The number of nitrogens with zero attached hydrogens (tertiary/aromatic N) is 3. The van der Waals surface area contributed by atoms with Crippen LogP contribution in [-0.4, -0.2) is 51.9 Å². The number of amides is 1. The van der Waals surface area contributed by atoms with Crippen LogP contribution < -0.4 is 5.56 Å². The number of aromatic nitrogens is 2. The van der Waals surface area contributed by atoms with Gasteiger partial charge in [-0.2, -0.15) is 0 Å². The number of carbonyl (C=O) groups is 1. The Labute approximate surface area is 182 Å². The van der Waals surface area contributed by atoms with Crippen LogP contribution >= 0.6 is 11.3 Å². The molecule has 1 atom stereocenters. The van der Waals surface area contributed by atoms with Crippen LogP contribution in [0.1, 0.15) is 57.3 Å². The number of thiophene rings is 1. The van der Waals surface area contributed by atoms with Gasteiger partial charge in [0.1, 0.15) is 10.7 Å². The molecule has 0 saturated carbocycles. The molecule has 1 unspecified atom stereocenters. The third-order valence-electron chi connectivity index (χ3n) is 6.74. The highest BCUT2D eigenvalue weighted by atomic mass is 32.1. The van der Waals surface area contributed by atoms with Gasteiger partial charge in [0.05, 0.1) is 11.9 Å². The van der Waals surface area contributed by atoms with E-state index >= 15 is 0 Å². The molecule has 1 aliphatic heterocycles. The van der Waals surface area contributed by atoms with E-state index in [2.05, 4.69) is 30.7 Å². The van der Waals surface area contributed by atoms with Crippen molar-refractivity contribution in [3.05, 3.63) is 26.6 Å². The minimum Gasteiger partial charge on any atom is -0.340 e. The van der Waals surface area contributed by atoms with E-state index in [1.165, 1.54) is 10.4 Å². The van der Waals surface area contributed by atoms with E-state index in [1.807, 2.05) is 18.7 Å². The summed E-state index contributed by atoms with van der Waals surface area (Å²) in [6, 6.07) is 0. The maximum Gasteiger partial charge on any atom is 0.259 e. The zero-order chi connectivity index (χ0) is 21.6. The summed E-state index contributed by atoms with van der Waals surface area (Å²) >= 11 is 1.71. The molecule has 1 N–H and O–H groups in total. The molecular formula is C23H34N4O2S. The van der Waals surface area contributed by atoms with E-state index in [0.717, 1.165) is 61.5 Å². The van der Waals surface area contributed by atoms with Crippen LogP contribution in [0.3, 0.4) is 0 Å². The largest absolute Gasteiger partial charge is 0.340 e. The molecule has 0 aromatic carbocycles. The van der Waals surface area contributed by atoms with Gasteiger partial charge in [-0.3, -0.25) is 14.5 Å². The lowest BCUT2D eigenvalue weighted by Gasteiger charge is -2.35. The molecule has 6 nitrogen and oxygen atoms in total. The molecule has 3 heterocycles. The first-order valence-electron chi connectivity index (χ1n) is 11.2. The van der Waals surface area contributed by atoms with Gasteiger partial charge in [-0.05, 0) is 36.2 Å². The number of rotatable bonds is 3. The van der Waals surface area contributed by atoms with Crippen molar-refractivity contribution in [2.75, 3.05) is 26.2 Å². The molecule has 2 aromatic rings. The maximum absolute atomic E-state index is 12.9. The molecule has 0 radical (unpaired) electrons. The van der Waals surface area contributed by atoms with Crippen LogP contribution in [-0.2, 0) is 24.2 Å². The molecular weight excluding hydrogens is 396 g/mol. The topological polar surface area (TPSA) is 69.3 Å². The average Bonchev–Trinajstić information content (AvgIpc) is 3.05. The van der Waals surface area contributed by atoms with Crippen LogP contribution in [0.5, 0.6) is 0 Å². The third kappa shape index (κ3) is 4.19. The van der Waals surface area contributed by atoms with Gasteiger partial charge in [0, 0.05) is 37.0 Å². The van der Waals surface area contributed by atoms with Gasteiger partial charge < -0.3 is 9.88 Å². The van der Waals surface area contributed by atoms with Crippen molar-refractivity contribution < 1.29 is 4.79 Å². The maximum atomic E-state index is 12.9. The predicted octanol–water partition coefficient (Wildman–Crippen LogP) is 3.44. The second kappa shape index (κ2) is 8.08. The van der Waals surface area contributed by atoms with E-state index in [1.54, 1.807) is 11.3 Å². The monoisotopic (exact) mass is 430 g/mol. The summed E-state index contributed by atoms with van der Waals surface area (Å²) in [6.45, 7) is 14.6. The van der Waals surface area contributed by atoms with Gasteiger partial charge in [-0.15, -0.1) is 11.3 Å². The van der Waals surface area contributed by atoms with Gasteiger partial charge >= 0.3 is 0 Å². The van der Waals surface area contributed by atoms with Crippen LogP contribution in [0.4, 0.5) is 0 Å². The summed E-state index contributed by atoms with van der Waals surface area (Å²) in [4.78, 5) is 39.4. The molecule has 0 spiro atoms. The molecule has 1 aliphatic carbocycles. The van der Waals surface area contributed by atoms with Crippen molar-refractivity contribution in [3.8, 4) is 0 Å². The predicted molar refractivity (Wildman–Crippen MR) is 122 cm³/mol. The first-order chi connectivity index (χ1) is 14.1. The standard InChI is InChI=1S/C23H34N4O2S/c1-14(2)22(29)27-10-8-26(9-11-27)13-18-24-20(28)19-16-7-6-15(23(3,4)5)12-17(16)30-21(19)25-18/h14-15H,6-13H2,1-5H3,(H,24,25,28). The highest BCUT2D eigenvalue weighted by molar-refractivity contribution is 7.18. The molecule has 0 bridgehead atoms. The van der Waals surface area contributed by atoms with E-state index in [-0.39, 0.29) is 22.8 Å². The van der Waals surface area contributed by atoms with Gasteiger partial charge in [0.2, 0.25) is 5.91 Å². The van der Waals surface area contributed by atoms with Crippen molar-refractivity contribution >= 4 is 27.5 Å². The smallest absolute Gasteiger partial charge is 0.259 e. The van der Waals surface area contributed by atoms with Crippen molar-refractivity contribution in [2.24, 2.45) is 17.3 Å². The third-order valence-corrected chi connectivity index (χ3v) is 7.89. The zero-order valence-corrected chi connectivity index (χ0v) is 19.7. The number of nitrogens with one attached hydrogen (secondary N) is 1. The Balaban J connectivity index is 1.50. The molecule has 30 heavy (non-hydrogen) atoms. The quantitative estimate of drug-likeness (QED) is 0.810. The molecule has 1 amide bonds. The lowest BCUT2D eigenvalue weighted by molar-refractivity contribution is -0.136. The van der Waals surface area contributed by atoms with Crippen molar-refractivity contribution in [1.82, 2.24) is 19.8 Å². The molecule has 4 rings (SSSR count). The van der Waals surface area contributed by atoms with Gasteiger partial charge in [-0.1, -0.05) is 34.6 Å². The lowest BCUT2D eigenvalue weighted by atomic mass is 9.72. The number of aromatic amines is 1. The van der Waals surface area contributed by atoms with Crippen LogP contribution in [0, 0.1) is 17.3 Å². The van der Waals surface area contributed by atoms with Gasteiger partial charge in [0.25, 0.3) is 5.56 Å². The van der Waals surface area contributed by atoms with Crippen molar-refractivity contribution in [2.45, 2.75) is 60.4 Å². The number of H-pyrrole nitrogens is 1. The average molecular weight is 431 g/mol. The van der Waals surface area contributed by atoms with Gasteiger partial charge in [0.15, 0.2) is 0 Å². The van der Waals surface area contributed by atoms with E-state index in [9.17, 15) is 9.59 Å². The number of fused-ring (bicyclic) bond motifs is 3. The minimum absolute atomic E-state index is 0.00956. The highest BCUT2D eigenvalue weighted by Gasteiger charge is 2.32. The lowest BCUT2D eigenvalue weighted by Crippen LogP contribution is -2.49. The molecule has 1 saturated heterocycles. The molecule has 2 aliphatic rings. The van der Waals surface area contributed by atoms with E-state index in [4.69, 9.17) is 4.98 Å². The molecule has 1 fully saturated rings. The van der Waals surface area contributed by atoms with E-state index in [0.29, 0.717) is 12.5 Å². The summed E-state index contributed by atoms with van der Waals surface area (Å²) in [5.41, 5.74) is 1.53. The first kappa shape index (κ1) is 21.5. The second-order valence-corrected chi connectivity index (χ2v) is 11.3. The first-order valence-corrected chi connectivity index (χ1v) is 12.0. The number of aryl methyl sites for hydroxylation is 1. The fourth-order valence-corrected chi connectivity index (χ4v) is 6.06. The van der Waals surface area contributed by atoms with Crippen molar-refractivity contribution in [3.63, 3.8) is 0 Å². The Morgan fingerprint density at radius 3 is 2.57 bits per heavy atom. The zero-order valence-electron chi connectivity index (χ0n) is 18.9. The summed E-state index contributed by atoms with van der Waals surface area (Å²) in [7, 11) is 0. The van der Waals surface area contributed by atoms with Gasteiger partial charge in [-0.25, -0.2) is 4.98 Å². The molecule has 2 aromatic heterocycles. The summed E-state index contributed by atoms with van der Waals surface area (Å²) in [5.74, 6) is 1.66. The number of piperazine rings is 1. The van der Waals surface area contributed by atoms with Crippen LogP contribution in [0.2, 0.25) is 0 Å². The molecule has 164 valence electrons. The normalized spacial score (nSPS) is 20.7. The highest BCUT2D eigenvalue weighted by Crippen LogP contribution is 2.41. The minimum atomic E-state index is 0.00956. The fraction of sp³-hybridized carbons (Fsp3) is 0.696. The summed E-state index contributed by atoms with van der Waals surface area (Å²) < 4.78 is 0. The Morgan fingerprint density at radius 1 is 1.23 bits per heavy atom. The van der Waals surface area contributed by atoms with E-state index < -0.39 is 0 Å². The fourth-order valence-electron chi connectivity index (χ4n) is 4.75. The number of carbonyl (C=O) groups excluding carboxylic acids is 1. The summed E-state index contributed by atoms with van der Waals surface area (Å²) in [5, 5.41) is 0.818. The Morgan fingerprint density at radius 2 is 1.93 bits per heavy atom. The number of hydrogen-bond acceptors (Lipinski definition) is 5.